The molecule has 0 bridgehead atoms. The maximum Gasteiger partial charge on any atom is 0.271 e. The monoisotopic (exact) mass is 333 g/mol. The van der Waals surface area contributed by atoms with Crippen molar-refractivity contribution in [2.45, 2.75) is 33.7 Å². The minimum atomic E-state index is -0.457. The van der Waals surface area contributed by atoms with Gasteiger partial charge in [0.1, 0.15) is 0 Å². The number of amides is 2. The number of hydrazine groups is 1. The Morgan fingerprint density at radius 1 is 1.04 bits per heavy atom. The van der Waals surface area contributed by atoms with Gasteiger partial charge in [0, 0.05) is 17.4 Å². The van der Waals surface area contributed by atoms with Crippen LogP contribution in [0.4, 0.5) is 0 Å². The molecule has 0 fully saturated rings. The van der Waals surface area contributed by atoms with Crippen molar-refractivity contribution >= 4 is 23.4 Å². The SMILES string of the molecule is Cc1cc(C(=O)NNC(=O)c2ccccc2Cl)c(C)n1C(C)C. The van der Waals surface area contributed by atoms with E-state index in [-0.39, 0.29) is 11.9 Å². The van der Waals surface area contributed by atoms with E-state index in [0.29, 0.717) is 16.1 Å². The van der Waals surface area contributed by atoms with E-state index in [0.717, 1.165) is 11.4 Å². The normalized spacial score (nSPS) is 10.7. The first-order valence-corrected chi connectivity index (χ1v) is 7.74. The molecule has 0 saturated heterocycles. The Labute approximate surface area is 140 Å². The maximum atomic E-state index is 12.3. The number of nitrogens with one attached hydrogen (secondary N) is 2. The molecule has 0 unspecified atom stereocenters. The van der Waals surface area contributed by atoms with E-state index in [4.69, 9.17) is 11.6 Å². The van der Waals surface area contributed by atoms with Crippen LogP contribution in [0.1, 0.15) is 52.0 Å². The van der Waals surface area contributed by atoms with E-state index >= 15 is 0 Å². The van der Waals surface area contributed by atoms with Crippen LogP contribution in [0.3, 0.4) is 0 Å². The van der Waals surface area contributed by atoms with E-state index in [9.17, 15) is 9.59 Å². The lowest BCUT2D eigenvalue weighted by Crippen LogP contribution is -2.41. The largest absolute Gasteiger partial charge is 0.346 e. The van der Waals surface area contributed by atoms with Crippen LogP contribution >= 0.6 is 11.6 Å². The van der Waals surface area contributed by atoms with Crippen LogP contribution in [0.25, 0.3) is 0 Å². The number of aryl methyl sites for hydroxylation is 1. The van der Waals surface area contributed by atoms with Crippen LogP contribution < -0.4 is 10.9 Å². The van der Waals surface area contributed by atoms with Gasteiger partial charge >= 0.3 is 0 Å². The van der Waals surface area contributed by atoms with Gasteiger partial charge in [-0.1, -0.05) is 23.7 Å². The number of halogens is 1. The topological polar surface area (TPSA) is 63.1 Å². The molecule has 0 spiro atoms. The molecule has 0 aliphatic heterocycles. The number of aromatic nitrogens is 1. The van der Waals surface area contributed by atoms with Crippen LogP contribution in [0.15, 0.2) is 30.3 Å². The molecule has 2 aromatic rings. The molecule has 23 heavy (non-hydrogen) atoms. The molecule has 2 N–H and O–H groups in total. The molecule has 0 saturated carbocycles. The Kier molecular flexibility index (Phi) is 5.11. The highest BCUT2D eigenvalue weighted by Gasteiger charge is 2.18. The van der Waals surface area contributed by atoms with E-state index in [1.54, 1.807) is 24.3 Å². The highest BCUT2D eigenvalue weighted by molar-refractivity contribution is 6.33. The zero-order valence-electron chi connectivity index (χ0n) is 13.6. The molecule has 0 radical (unpaired) electrons. The van der Waals surface area contributed by atoms with Crippen molar-refractivity contribution in [3.63, 3.8) is 0 Å². The Bertz CT molecular complexity index is 750. The highest BCUT2D eigenvalue weighted by Crippen LogP contribution is 2.20. The molecule has 1 aromatic carbocycles. The van der Waals surface area contributed by atoms with E-state index in [1.165, 1.54) is 0 Å². The summed E-state index contributed by atoms with van der Waals surface area (Å²) >= 11 is 5.96. The third-order valence-corrected chi connectivity index (χ3v) is 3.98. The van der Waals surface area contributed by atoms with Crippen LogP contribution in [-0.2, 0) is 0 Å². The van der Waals surface area contributed by atoms with Crippen molar-refractivity contribution in [2.24, 2.45) is 0 Å². The summed E-state index contributed by atoms with van der Waals surface area (Å²) < 4.78 is 2.07. The molecule has 1 aromatic heterocycles. The van der Waals surface area contributed by atoms with Crippen LogP contribution in [0.5, 0.6) is 0 Å². The molecule has 0 atom stereocenters. The smallest absolute Gasteiger partial charge is 0.271 e. The lowest BCUT2D eigenvalue weighted by atomic mass is 10.2. The number of benzene rings is 1. The molecule has 0 aliphatic rings. The second-order valence-electron chi connectivity index (χ2n) is 5.64. The van der Waals surface area contributed by atoms with Gasteiger partial charge < -0.3 is 4.57 Å². The third-order valence-electron chi connectivity index (χ3n) is 3.65. The number of nitrogens with zero attached hydrogens (tertiary/aromatic N) is 1. The van der Waals surface area contributed by atoms with Crippen molar-refractivity contribution in [1.82, 2.24) is 15.4 Å². The van der Waals surface area contributed by atoms with Gasteiger partial charge in [-0.2, -0.15) is 0 Å². The Balaban J connectivity index is 2.10. The van der Waals surface area contributed by atoms with Crippen LogP contribution in [0.2, 0.25) is 5.02 Å². The summed E-state index contributed by atoms with van der Waals surface area (Å²) in [5.41, 5.74) is 7.53. The molecule has 122 valence electrons. The Hall–Kier alpha value is -2.27. The fourth-order valence-corrected chi connectivity index (χ4v) is 2.92. The van der Waals surface area contributed by atoms with Crippen LogP contribution in [0, 0.1) is 13.8 Å². The molecular formula is C17H20ClN3O2. The quantitative estimate of drug-likeness (QED) is 0.845. The summed E-state index contributed by atoms with van der Waals surface area (Å²) in [5.74, 6) is -0.813. The summed E-state index contributed by atoms with van der Waals surface area (Å²) in [4.78, 5) is 24.4. The van der Waals surface area contributed by atoms with E-state index in [2.05, 4.69) is 29.3 Å². The summed E-state index contributed by atoms with van der Waals surface area (Å²) in [7, 11) is 0. The fourth-order valence-electron chi connectivity index (χ4n) is 2.70. The number of hydrogen-bond acceptors (Lipinski definition) is 2. The summed E-state index contributed by atoms with van der Waals surface area (Å²) in [6.07, 6.45) is 0. The average Bonchev–Trinajstić information content (AvgIpc) is 2.80. The molecule has 2 rings (SSSR count). The molecule has 6 heteroatoms. The number of hydrogen-bond donors (Lipinski definition) is 2. The molecule has 0 aliphatic carbocycles. The van der Waals surface area contributed by atoms with Gasteiger partial charge in [-0.3, -0.25) is 20.4 Å². The van der Waals surface area contributed by atoms with Gasteiger partial charge in [-0.05, 0) is 45.9 Å². The molecule has 5 nitrogen and oxygen atoms in total. The molecule has 2 amide bonds. The zero-order valence-corrected chi connectivity index (χ0v) is 14.4. The van der Waals surface area contributed by atoms with Crippen molar-refractivity contribution in [3.05, 3.63) is 57.9 Å². The van der Waals surface area contributed by atoms with Gasteiger partial charge in [0.15, 0.2) is 0 Å². The first-order valence-electron chi connectivity index (χ1n) is 7.36. The molecular weight excluding hydrogens is 314 g/mol. The second-order valence-corrected chi connectivity index (χ2v) is 6.04. The predicted molar refractivity (Wildman–Crippen MR) is 90.7 cm³/mol. The third kappa shape index (κ3) is 3.56. The van der Waals surface area contributed by atoms with Crippen molar-refractivity contribution in [2.75, 3.05) is 0 Å². The van der Waals surface area contributed by atoms with Crippen molar-refractivity contribution in [3.8, 4) is 0 Å². The lowest BCUT2D eigenvalue weighted by molar-refractivity contribution is 0.0846. The fraction of sp³-hybridized carbons (Fsp3) is 0.294. The zero-order chi connectivity index (χ0) is 17.1. The summed E-state index contributed by atoms with van der Waals surface area (Å²) in [6.45, 7) is 7.95. The van der Waals surface area contributed by atoms with Gasteiger partial charge in [-0.25, -0.2) is 0 Å². The van der Waals surface area contributed by atoms with E-state index in [1.807, 2.05) is 19.9 Å². The highest BCUT2D eigenvalue weighted by atomic mass is 35.5. The Morgan fingerprint density at radius 2 is 1.61 bits per heavy atom. The minimum absolute atomic E-state index is 0.259. The van der Waals surface area contributed by atoms with Crippen molar-refractivity contribution < 1.29 is 9.59 Å². The first-order chi connectivity index (χ1) is 10.8. The summed E-state index contributed by atoms with van der Waals surface area (Å²) in [6, 6.07) is 8.72. The number of rotatable bonds is 3. The predicted octanol–water partition coefficient (Wildman–Crippen LogP) is 3.41. The van der Waals surface area contributed by atoms with Crippen molar-refractivity contribution in [1.29, 1.82) is 0 Å². The van der Waals surface area contributed by atoms with E-state index < -0.39 is 5.91 Å². The maximum absolute atomic E-state index is 12.3. The number of carbonyl (C=O) groups excluding carboxylic acids is 2. The lowest BCUT2D eigenvalue weighted by Gasteiger charge is -2.14. The molecule has 1 heterocycles. The number of carbonyl (C=O) groups is 2. The minimum Gasteiger partial charge on any atom is -0.346 e. The van der Waals surface area contributed by atoms with Gasteiger partial charge in [0.2, 0.25) is 0 Å². The summed E-state index contributed by atoms with van der Waals surface area (Å²) in [5, 5.41) is 0.331. The van der Waals surface area contributed by atoms with Gasteiger partial charge in [0.25, 0.3) is 11.8 Å². The van der Waals surface area contributed by atoms with Gasteiger partial charge in [-0.15, -0.1) is 0 Å². The second kappa shape index (κ2) is 6.87. The average molecular weight is 334 g/mol. The Morgan fingerprint density at radius 3 is 2.13 bits per heavy atom. The standard InChI is InChI=1S/C17H20ClN3O2/c1-10(2)21-11(3)9-14(12(21)4)17(23)20-19-16(22)13-7-5-6-8-15(13)18/h5-10H,1-4H3,(H,19,22)(H,20,23). The van der Waals surface area contributed by atoms with Gasteiger partial charge in [0.05, 0.1) is 16.1 Å². The van der Waals surface area contributed by atoms with Crippen LogP contribution in [-0.4, -0.2) is 16.4 Å². The first kappa shape index (κ1) is 17.1.